The summed E-state index contributed by atoms with van der Waals surface area (Å²) in [6.07, 6.45) is 1.19. The number of benzene rings is 1. The smallest absolute Gasteiger partial charge is 0.337 e. The number of rotatable bonds is 5. The third-order valence-electron chi connectivity index (χ3n) is 6.35. The molecule has 0 spiro atoms. The van der Waals surface area contributed by atoms with Crippen LogP contribution in [-0.2, 0) is 16.1 Å². The topological polar surface area (TPSA) is 96.0 Å². The summed E-state index contributed by atoms with van der Waals surface area (Å²) >= 11 is 1.53. The number of carbonyl (C=O) groups excluding carboxylic acids is 4. The number of piperidine rings is 1. The summed E-state index contributed by atoms with van der Waals surface area (Å²) in [5, 5.41) is 6.74. The highest BCUT2D eigenvalue weighted by atomic mass is 32.1. The molecule has 1 atom stereocenters. The first-order valence-electron chi connectivity index (χ1n) is 10.5. The number of urea groups is 1. The zero-order chi connectivity index (χ0) is 22.9. The maximum atomic E-state index is 13.2. The predicted molar refractivity (Wildman–Crippen MR) is 118 cm³/mol. The van der Waals surface area contributed by atoms with Crippen LogP contribution >= 0.6 is 11.3 Å². The van der Waals surface area contributed by atoms with E-state index in [1.54, 1.807) is 30.0 Å². The molecule has 4 rings (SSSR count). The Bertz CT molecular complexity index is 1050. The molecule has 0 radical (unpaired) electrons. The van der Waals surface area contributed by atoms with Crippen LogP contribution < -0.4 is 5.32 Å². The number of nitrogens with zero attached hydrogens (tertiary/aromatic N) is 2. The Labute approximate surface area is 190 Å². The molecule has 4 amide bonds. The minimum atomic E-state index is -0.979. The van der Waals surface area contributed by atoms with Gasteiger partial charge in [0, 0.05) is 18.7 Å². The van der Waals surface area contributed by atoms with Crippen molar-refractivity contribution in [2.75, 3.05) is 20.2 Å². The molecule has 2 fully saturated rings. The van der Waals surface area contributed by atoms with Crippen molar-refractivity contribution in [2.45, 2.75) is 31.8 Å². The quantitative estimate of drug-likeness (QED) is 0.553. The molecule has 2 aliphatic heterocycles. The molecule has 2 aliphatic rings. The van der Waals surface area contributed by atoms with Crippen molar-refractivity contribution < 1.29 is 23.9 Å². The highest BCUT2D eigenvalue weighted by molar-refractivity contribution is 7.07. The van der Waals surface area contributed by atoms with Gasteiger partial charge < -0.3 is 15.0 Å². The van der Waals surface area contributed by atoms with Gasteiger partial charge >= 0.3 is 12.0 Å². The van der Waals surface area contributed by atoms with Gasteiger partial charge in [-0.3, -0.25) is 14.5 Å². The monoisotopic (exact) mass is 455 g/mol. The van der Waals surface area contributed by atoms with Crippen molar-refractivity contribution in [3.63, 3.8) is 0 Å². The molecular formula is C23H25N3O5S. The van der Waals surface area contributed by atoms with Crippen molar-refractivity contribution in [1.82, 2.24) is 15.1 Å². The number of hydrogen-bond acceptors (Lipinski definition) is 6. The Hall–Kier alpha value is -3.20. The van der Waals surface area contributed by atoms with Crippen LogP contribution in [0.25, 0.3) is 0 Å². The van der Waals surface area contributed by atoms with Crippen molar-refractivity contribution >= 4 is 35.2 Å². The third-order valence-corrected chi connectivity index (χ3v) is 7.08. The molecule has 1 aromatic carbocycles. The lowest BCUT2D eigenvalue weighted by Crippen LogP contribution is -2.54. The standard InChI is InChI=1S/C23H25N3O5S/c1-23(21(29)26(22(30)24-23)13-15-8-11-32-14-15)18-6-9-25(10-7-18)19(27)16-4-3-5-17(12-16)20(28)31-2/h3-5,8,11-12,14,18H,6-7,9-10,13H2,1-2H3,(H,24,30). The van der Waals surface area contributed by atoms with Crippen molar-refractivity contribution in [1.29, 1.82) is 0 Å². The van der Waals surface area contributed by atoms with Gasteiger partial charge in [-0.1, -0.05) is 6.07 Å². The summed E-state index contributed by atoms with van der Waals surface area (Å²) in [7, 11) is 1.30. The summed E-state index contributed by atoms with van der Waals surface area (Å²) in [5.74, 6) is -0.949. The highest BCUT2D eigenvalue weighted by Gasteiger charge is 2.52. The molecule has 0 aliphatic carbocycles. The van der Waals surface area contributed by atoms with E-state index in [4.69, 9.17) is 4.74 Å². The average molecular weight is 456 g/mol. The Morgan fingerprint density at radius 3 is 2.56 bits per heavy atom. The number of imide groups is 1. The first-order chi connectivity index (χ1) is 15.3. The number of nitrogens with one attached hydrogen (secondary N) is 1. The predicted octanol–water partition coefficient (Wildman–Crippen LogP) is 2.90. The van der Waals surface area contributed by atoms with E-state index in [9.17, 15) is 19.2 Å². The number of esters is 1. The lowest BCUT2D eigenvalue weighted by Gasteiger charge is -2.39. The van der Waals surface area contributed by atoms with Gasteiger partial charge in [-0.15, -0.1) is 0 Å². The van der Waals surface area contributed by atoms with E-state index in [2.05, 4.69) is 5.32 Å². The second-order valence-corrected chi connectivity index (χ2v) is 9.07. The first kappa shape index (κ1) is 22.0. The van der Waals surface area contributed by atoms with Gasteiger partial charge in [-0.05, 0) is 66.3 Å². The zero-order valence-corrected chi connectivity index (χ0v) is 18.8. The van der Waals surface area contributed by atoms with Gasteiger partial charge in [0.05, 0.1) is 19.2 Å². The van der Waals surface area contributed by atoms with Crippen molar-refractivity contribution in [3.05, 3.63) is 57.8 Å². The summed E-state index contributed by atoms with van der Waals surface area (Å²) in [5.41, 5.74) is 0.695. The molecular weight excluding hydrogens is 430 g/mol. The fraction of sp³-hybridized carbons (Fsp3) is 0.391. The Balaban J connectivity index is 1.41. The molecule has 168 valence electrons. The first-order valence-corrected chi connectivity index (χ1v) is 11.4. The lowest BCUT2D eigenvalue weighted by molar-refractivity contribution is -0.133. The average Bonchev–Trinajstić information content (AvgIpc) is 3.41. The summed E-state index contributed by atoms with van der Waals surface area (Å²) in [6, 6.07) is 7.99. The van der Waals surface area contributed by atoms with Crippen LogP contribution in [0.5, 0.6) is 0 Å². The molecule has 9 heteroatoms. The van der Waals surface area contributed by atoms with Crippen LogP contribution in [-0.4, -0.2) is 59.4 Å². The van der Waals surface area contributed by atoms with E-state index in [-0.39, 0.29) is 30.3 Å². The lowest BCUT2D eigenvalue weighted by atomic mass is 9.78. The van der Waals surface area contributed by atoms with Crippen molar-refractivity contribution in [3.8, 4) is 0 Å². The summed E-state index contributed by atoms with van der Waals surface area (Å²) < 4.78 is 4.73. The summed E-state index contributed by atoms with van der Waals surface area (Å²) in [6.45, 7) is 2.98. The number of thiophene rings is 1. The van der Waals surface area contributed by atoms with Gasteiger partial charge in [0.1, 0.15) is 5.54 Å². The summed E-state index contributed by atoms with van der Waals surface area (Å²) in [4.78, 5) is 53.4. The molecule has 2 saturated heterocycles. The fourth-order valence-electron chi connectivity index (χ4n) is 4.44. The third kappa shape index (κ3) is 4.00. The Morgan fingerprint density at radius 1 is 1.19 bits per heavy atom. The molecule has 32 heavy (non-hydrogen) atoms. The number of methoxy groups -OCH3 is 1. The molecule has 8 nitrogen and oxygen atoms in total. The Kier molecular flexibility index (Phi) is 6.01. The number of likely N-dealkylation sites (tertiary alicyclic amines) is 1. The molecule has 1 unspecified atom stereocenters. The van der Waals surface area contributed by atoms with Crippen LogP contribution in [0, 0.1) is 5.92 Å². The van der Waals surface area contributed by atoms with Gasteiger partial charge in [-0.2, -0.15) is 11.3 Å². The SMILES string of the molecule is COC(=O)c1cccc(C(=O)N2CCC(C3(C)NC(=O)N(Cc4ccsc4)C3=O)CC2)c1. The van der Waals surface area contributed by atoms with Crippen LogP contribution in [0.3, 0.4) is 0 Å². The zero-order valence-electron chi connectivity index (χ0n) is 18.0. The minimum absolute atomic E-state index is 0.0723. The molecule has 1 aromatic heterocycles. The number of ether oxygens (including phenoxy) is 1. The normalized spacial score (nSPS) is 21.6. The highest BCUT2D eigenvalue weighted by Crippen LogP contribution is 2.34. The van der Waals surface area contributed by atoms with E-state index in [1.807, 2.05) is 16.8 Å². The van der Waals surface area contributed by atoms with Gasteiger partial charge in [0.15, 0.2) is 0 Å². The molecule has 2 aromatic rings. The van der Waals surface area contributed by atoms with Crippen LogP contribution in [0.4, 0.5) is 4.79 Å². The maximum Gasteiger partial charge on any atom is 0.337 e. The van der Waals surface area contributed by atoms with Gasteiger partial charge in [0.25, 0.3) is 11.8 Å². The van der Waals surface area contributed by atoms with Gasteiger partial charge in [0.2, 0.25) is 0 Å². The fourth-order valence-corrected chi connectivity index (χ4v) is 5.10. The molecule has 0 bridgehead atoms. The largest absolute Gasteiger partial charge is 0.465 e. The Morgan fingerprint density at radius 2 is 1.91 bits per heavy atom. The van der Waals surface area contributed by atoms with E-state index < -0.39 is 11.5 Å². The van der Waals surface area contributed by atoms with E-state index in [0.29, 0.717) is 37.1 Å². The number of hydrogen-bond donors (Lipinski definition) is 1. The second-order valence-electron chi connectivity index (χ2n) is 8.29. The van der Waals surface area contributed by atoms with Crippen LogP contribution in [0.2, 0.25) is 0 Å². The molecule has 0 saturated carbocycles. The molecule has 1 N–H and O–H groups in total. The van der Waals surface area contributed by atoms with Crippen molar-refractivity contribution in [2.24, 2.45) is 5.92 Å². The maximum absolute atomic E-state index is 13.2. The number of carbonyl (C=O) groups is 4. The molecule has 3 heterocycles. The number of amides is 4. The van der Waals surface area contributed by atoms with Gasteiger partial charge in [-0.25, -0.2) is 9.59 Å². The van der Waals surface area contributed by atoms with Crippen LogP contribution in [0.15, 0.2) is 41.1 Å². The van der Waals surface area contributed by atoms with E-state index >= 15 is 0 Å². The minimum Gasteiger partial charge on any atom is -0.465 e. The second kappa shape index (κ2) is 8.74. The van der Waals surface area contributed by atoms with E-state index in [1.165, 1.54) is 29.4 Å². The van der Waals surface area contributed by atoms with Crippen LogP contribution in [0.1, 0.15) is 46.0 Å². The van der Waals surface area contributed by atoms with E-state index in [0.717, 1.165) is 5.56 Å².